The van der Waals surface area contributed by atoms with Crippen molar-refractivity contribution in [3.05, 3.63) is 4.88 Å². The Morgan fingerprint density at radius 3 is 2.75 bits per heavy atom. The number of nitrogens with zero attached hydrogens (tertiary/aromatic N) is 1. The lowest BCUT2D eigenvalue weighted by molar-refractivity contribution is -0.114. The molecule has 0 spiro atoms. The summed E-state index contributed by atoms with van der Waals surface area (Å²) in [7, 11) is -3.68. The van der Waals surface area contributed by atoms with Crippen LogP contribution in [-0.2, 0) is 19.6 Å². The molecular formula is C10H16IN3O4S2. The third kappa shape index (κ3) is 5.60. The van der Waals surface area contributed by atoms with E-state index in [9.17, 15) is 13.2 Å². The summed E-state index contributed by atoms with van der Waals surface area (Å²) in [5, 5.41) is 2.69. The number of nitrogens with one attached hydrogen (secondary N) is 2. The minimum absolute atomic E-state index is 0.0554. The zero-order valence-corrected chi connectivity index (χ0v) is 14.9. The largest absolute Gasteiger partial charge is 0.379 e. The molecule has 0 unspecified atom stereocenters. The van der Waals surface area contributed by atoms with Crippen molar-refractivity contribution >= 4 is 55.0 Å². The summed E-state index contributed by atoms with van der Waals surface area (Å²) in [5.74, 6) is -0.289. The molecule has 1 rings (SSSR count). The van der Waals surface area contributed by atoms with Gasteiger partial charge in [-0.2, -0.15) is 0 Å². The molecule has 0 saturated heterocycles. The van der Waals surface area contributed by atoms with Crippen LogP contribution in [0, 0.1) is 6.92 Å². The van der Waals surface area contributed by atoms with Gasteiger partial charge in [0.1, 0.15) is 0 Å². The van der Waals surface area contributed by atoms with E-state index in [4.69, 9.17) is 4.74 Å². The van der Waals surface area contributed by atoms with Crippen LogP contribution in [0.2, 0.25) is 0 Å². The van der Waals surface area contributed by atoms with Crippen molar-refractivity contribution in [2.75, 3.05) is 29.5 Å². The Hall–Kier alpha value is -0.300. The number of carbonyl (C=O) groups is 1. The normalized spacial score (nSPS) is 11.6. The van der Waals surface area contributed by atoms with E-state index in [1.807, 2.05) is 0 Å². The second kappa shape index (κ2) is 8.22. The predicted octanol–water partition coefficient (Wildman–Crippen LogP) is 1.14. The summed E-state index contributed by atoms with van der Waals surface area (Å²) < 4.78 is 32.6. The molecule has 0 bridgehead atoms. The van der Waals surface area contributed by atoms with Crippen LogP contribution in [0.15, 0.2) is 5.03 Å². The third-order valence-corrected chi connectivity index (χ3v) is 5.00. The first kappa shape index (κ1) is 17.8. The van der Waals surface area contributed by atoms with Gasteiger partial charge >= 0.3 is 0 Å². The minimum atomic E-state index is -3.68. The number of hydrogen-bond acceptors (Lipinski definition) is 6. The van der Waals surface area contributed by atoms with Crippen LogP contribution in [0.25, 0.3) is 0 Å². The minimum Gasteiger partial charge on any atom is -0.379 e. The molecule has 1 aromatic rings. The van der Waals surface area contributed by atoms with Gasteiger partial charge in [-0.15, -0.1) is 11.3 Å². The third-order valence-electron chi connectivity index (χ3n) is 2.05. The average molecular weight is 433 g/mol. The molecule has 1 aromatic heterocycles. The van der Waals surface area contributed by atoms with Gasteiger partial charge in [0.05, 0.1) is 13.2 Å². The van der Waals surface area contributed by atoms with E-state index in [2.05, 4.69) is 37.6 Å². The van der Waals surface area contributed by atoms with Crippen LogP contribution in [0.3, 0.4) is 0 Å². The maximum Gasteiger partial charge on any atom is 0.259 e. The van der Waals surface area contributed by atoms with Gasteiger partial charge in [-0.05, 0) is 6.92 Å². The number of thiazole rings is 1. The number of ether oxygens (including phenoxy) is 1. The Bertz CT molecular complexity index is 559. The monoisotopic (exact) mass is 433 g/mol. The van der Waals surface area contributed by atoms with Crippen LogP contribution in [0.4, 0.5) is 5.13 Å². The number of sulfonamides is 1. The van der Waals surface area contributed by atoms with Gasteiger partial charge in [0, 0.05) is 22.8 Å². The number of carbonyl (C=O) groups excluding carboxylic acids is 1. The molecule has 0 aliphatic heterocycles. The van der Waals surface area contributed by atoms with Gasteiger partial charge in [-0.25, -0.2) is 18.1 Å². The van der Waals surface area contributed by atoms with Gasteiger partial charge in [-0.3, -0.25) is 4.79 Å². The molecule has 0 saturated carbocycles. The van der Waals surface area contributed by atoms with Crippen molar-refractivity contribution in [1.29, 1.82) is 0 Å². The number of aryl methyl sites for hydroxylation is 1. The summed E-state index contributed by atoms with van der Waals surface area (Å²) in [6.45, 7) is 4.07. The van der Waals surface area contributed by atoms with Crippen LogP contribution in [-0.4, -0.2) is 43.5 Å². The molecule has 10 heteroatoms. The number of alkyl halides is 1. The second-order valence-electron chi connectivity index (χ2n) is 3.76. The first-order valence-corrected chi connectivity index (χ1v) is 9.57. The highest BCUT2D eigenvalue weighted by Crippen LogP contribution is 2.25. The summed E-state index contributed by atoms with van der Waals surface area (Å²) in [5.41, 5.74) is 0. The molecule has 7 nitrogen and oxygen atoms in total. The summed E-state index contributed by atoms with van der Waals surface area (Å²) >= 11 is 3.30. The molecule has 0 aromatic carbocycles. The maximum absolute atomic E-state index is 12.0. The number of amides is 1. The van der Waals surface area contributed by atoms with E-state index in [0.717, 1.165) is 15.8 Å². The quantitative estimate of drug-likeness (QED) is 0.364. The van der Waals surface area contributed by atoms with Gasteiger partial charge in [0.15, 0.2) is 10.2 Å². The van der Waals surface area contributed by atoms with Crippen LogP contribution < -0.4 is 10.0 Å². The molecule has 0 fully saturated rings. The Morgan fingerprint density at radius 1 is 1.45 bits per heavy atom. The molecule has 114 valence electrons. The van der Waals surface area contributed by atoms with E-state index in [1.54, 1.807) is 6.92 Å². The average Bonchev–Trinajstić information content (AvgIpc) is 2.69. The molecule has 1 heterocycles. The number of hydrogen-bond donors (Lipinski definition) is 2. The van der Waals surface area contributed by atoms with E-state index < -0.39 is 10.0 Å². The molecule has 0 aliphatic carbocycles. The Balaban J connectivity index is 2.67. The van der Waals surface area contributed by atoms with Gasteiger partial charge in [-0.1, -0.05) is 22.6 Å². The number of anilines is 1. The Labute approximate surface area is 135 Å². The zero-order valence-electron chi connectivity index (χ0n) is 11.1. The van der Waals surface area contributed by atoms with Crippen LogP contribution >= 0.6 is 33.9 Å². The van der Waals surface area contributed by atoms with Crippen molar-refractivity contribution < 1.29 is 17.9 Å². The van der Waals surface area contributed by atoms with E-state index >= 15 is 0 Å². The standard InChI is InChI=1S/C10H16IN3O4S2/c1-7-9(14-10(19-7)13-8(2)15)20(16,17)12-4-6-18-5-3-11/h12H,3-6H2,1-2H3,(H,13,14,15). The molecule has 0 atom stereocenters. The Morgan fingerprint density at radius 2 is 2.15 bits per heavy atom. The topological polar surface area (TPSA) is 97.4 Å². The highest BCUT2D eigenvalue weighted by molar-refractivity contribution is 14.1. The van der Waals surface area contributed by atoms with Gasteiger partial charge < -0.3 is 10.1 Å². The SMILES string of the molecule is CC(=O)Nc1nc(S(=O)(=O)NCCOCCI)c(C)s1. The van der Waals surface area contributed by atoms with E-state index in [0.29, 0.717) is 18.1 Å². The van der Waals surface area contributed by atoms with Crippen molar-refractivity contribution in [3.8, 4) is 0 Å². The molecule has 20 heavy (non-hydrogen) atoms. The van der Waals surface area contributed by atoms with E-state index in [-0.39, 0.29) is 22.6 Å². The number of halogens is 1. The first-order valence-electron chi connectivity index (χ1n) is 5.75. The molecule has 0 aliphatic rings. The molecule has 2 N–H and O–H groups in total. The lowest BCUT2D eigenvalue weighted by Gasteiger charge is -2.05. The predicted molar refractivity (Wildman–Crippen MR) is 86.0 cm³/mol. The highest BCUT2D eigenvalue weighted by atomic mass is 127. The van der Waals surface area contributed by atoms with Crippen molar-refractivity contribution in [2.45, 2.75) is 18.9 Å². The zero-order chi connectivity index (χ0) is 15.2. The molecule has 0 radical (unpaired) electrons. The molecule has 1 amide bonds. The fraction of sp³-hybridized carbons (Fsp3) is 0.600. The van der Waals surface area contributed by atoms with Crippen molar-refractivity contribution in [3.63, 3.8) is 0 Å². The highest BCUT2D eigenvalue weighted by Gasteiger charge is 2.21. The molecular weight excluding hydrogens is 417 g/mol. The smallest absolute Gasteiger partial charge is 0.259 e. The fourth-order valence-corrected chi connectivity index (χ4v) is 3.97. The van der Waals surface area contributed by atoms with Crippen LogP contribution in [0.1, 0.15) is 11.8 Å². The maximum atomic E-state index is 12.0. The summed E-state index contributed by atoms with van der Waals surface area (Å²) in [6, 6.07) is 0. The summed E-state index contributed by atoms with van der Waals surface area (Å²) in [6.07, 6.45) is 0. The Kier molecular flexibility index (Phi) is 7.29. The van der Waals surface area contributed by atoms with Crippen molar-refractivity contribution in [1.82, 2.24) is 9.71 Å². The lowest BCUT2D eigenvalue weighted by Crippen LogP contribution is -2.28. The number of rotatable bonds is 8. The second-order valence-corrected chi connectivity index (χ2v) is 7.72. The van der Waals surface area contributed by atoms with Crippen molar-refractivity contribution in [2.24, 2.45) is 0 Å². The van der Waals surface area contributed by atoms with Gasteiger partial charge in [0.25, 0.3) is 10.0 Å². The van der Waals surface area contributed by atoms with E-state index in [1.165, 1.54) is 6.92 Å². The lowest BCUT2D eigenvalue weighted by atomic mass is 10.6. The number of aromatic nitrogens is 1. The van der Waals surface area contributed by atoms with Crippen LogP contribution in [0.5, 0.6) is 0 Å². The van der Waals surface area contributed by atoms with Gasteiger partial charge in [0.2, 0.25) is 5.91 Å². The fourth-order valence-electron chi connectivity index (χ4n) is 1.31. The summed E-state index contributed by atoms with van der Waals surface area (Å²) in [4.78, 5) is 15.4. The first-order chi connectivity index (χ1) is 9.36.